The summed E-state index contributed by atoms with van der Waals surface area (Å²) in [5.74, 6) is -4.61. The highest BCUT2D eigenvalue weighted by atomic mass is 31.2. The average molecular weight is 509 g/mol. The first kappa shape index (κ1) is 31.2. The Bertz CT molecular complexity index is 794. The summed E-state index contributed by atoms with van der Waals surface area (Å²) in [4.78, 5) is 65.5. The van der Waals surface area contributed by atoms with Crippen molar-refractivity contribution in [1.82, 2.24) is 15.5 Å². The first-order valence-electron chi connectivity index (χ1n) is 10.4. The quantitative estimate of drug-likeness (QED) is 0.0442. The summed E-state index contributed by atoms with van der Waals surface area (Å²) in [6.07, 6.45) is 0.766. The molecule has 0 saturated heterocycles. The van der Waals surface area contributed by atoms with E-state index in [4.69, 9.17) is 28.7 Å². The second kappa shape index (κ2) is 15.2. The van der Waals surface area contributed by atoms with Gasteiger partial charge in [0.15, 0.2) is 11.9 Å². The molecule has 3 amide bonds. The Morgan fingerprint density at radius 2 is 1.50 bits per heavy atom. The van der Waals surface area contributed by atoms with E-state index in [1.165, 1.54) is 7.05 Å². The molecule has 16 nitrogen and oxygen atoms in total. The van der Waals surface area contributed by atoms with Crippen LogP contribution in [0.5, 0.6) is 0 Å². The molecule has 0 radical (unpaired) electrons. The number of aliphatic imine (C=N–C) groups is 2. The fraction of sp³-hybridized carbons (Fsp3) is 0.706. The zero-order valence-electron chi connectivity index (χ0n) is 19.4. The number of hydrogen-bond donors (Lipinski definition) is 9. The van der Waals surface area contributed by atoms with Crippen LogP contribution in [0, 0.1) is 0 Å². The third-order valence-electron chi connectivity index (χ3n) is 4.56. The van der Waals surface area contributed by atoms with Gasteiger partial charge in [-0.05, 0) is 39.7 Å². The predicted molar refractivity (Wildman–Crippen MR) is 127 cm³/mol. The summed E-state index contributed by atoms with van der Waals surface area (Å²) in [6, 6.07) is -2.34. The lowest BCUT2D eigenvalue weighted by molar-refractivity contribution is -0.148. The number of carbonyl (C=O) groups is 3. The molecule has 0 aliphatic rings. The minimum Gasteiger partial charge on any atom is -0.370 e. The summed E-state index contributed by atoms with van der Waals surface area (Å²) in [7, 11) is -3.45. The van der Waals surface area contributed by atoms with E-state index in [1.807, 2.05) is 0 Å². The minimum absolute atomic E-state index is 0.0285. The number of amides is 3. The van der Waals surface area contributed by atoms with E-state index in [-0.39, 0.29) is 50.8 Å². The highest BCUT2D eigenvalue weighted by molar-refractivity contribution is 7.52. The standard InChI is InChI=1S/C17H37N10O6P/c1-10(34(31,32)33)27(13(28)9-23-2)15(30)12(6-4-8-25-17(21)22)26-14(29)11(18)5-3-7-24-16(19)20/h10-12,23H,3-9,18H2,1-2H3,(H,26,29)(H4,19,20,24)(H4,21,22,25)(H2,31,32,33)/t10-,11+,12+/m1/s1. The summed E-state index contributed by atoms with van der Waals surface area (Å²) in [5, 5.41) is 4.99. The van der Waals surface area contributed by atoms with Crippen molar-refractivity contribution in [3.8, 4) is 0 Å². The molecule has 14 N–H and O–H groups in total. The van der Waals surface area contributed by atoms with Gasteiger partial charge in [0.05, 0.1) is 12.6 Å². The van der Waals surface area contributed by atoms with Crippen LogP contribution in [0.4, 0.5) is 0 Å². The lowest BCUT2D eigenvalue weighted by atomic mass is 10.1. The zero-order valence-corrected chi connectivity index (χ0v) is 20.3. The fourth-order valence-electron chi connectivity index (χ4n) is 2.76. The highest BCUT2D eigenvalue weighted by Gasteiger charge is 2.40. The molecule has 0 fully saturated rings. The van der Waals surface area contributed by atoms with Crippen LogP contribution in [0.25, 0.3) is 0 Å². The van der Waals surface area contributed by atoms with Crippen LogP contribution in [-0.2, 0) is 18.9 Å². The van der Waals surface area contributed by atoms with Crippen molar-refractivity contribution < 1.29 is 28.7 Å². The molecule has 0 heterocycles. The van der Waals surface area contributed by atoms with Gasteiger partial charge in [-0.1, -0.05) is 0 Å². The number of carbonyl (C=O) groups excluding carboxylic acids is 3. The maximum absolute atomic E-state index is 13.2. The van der Waals surface area contributed by atoms with Crippen molar-refractivity contribution in [3.63, 3.8) is 0 Å². The van der Waals surface area contributed by atoms with Crippen molar-refractivity contribution in [3.05, 3.63) is 0 Å². The van der Waals surface area contributed by atoms with Gasteiger partial charge in [-0.25, -0.2) is 0 Å². The molecule has 0 rings (SSSR count). The molecule has 0 spiro atoms. The van der Waals surface area contributed by atoms with E-state index in [2.05, 4.69) is 20.6 Å². The highest BCUT2D eigenvalue weighted by Crippen LogP contribution is 2.43. The maximum Gasteiger partial charge on any atom is 0.348 e. The molecule has 0 aliphatic carbocycles. The molecule has 0 aliphatic heterocycles. The third-order valence-corrected chi connectivity index (χ3v) is 5.76. The predicted octanol–water partition coefficient (Wildman–Crippen LogP) is -4.00. The first-order valence-corrected chi connectivity index (χ1v) is 12.1. The van der Waals surface area contributed by atoms with Gasteiger partial charge in [-0.3, -0.25) is 33.8 Å². The van der Waals surface area contributed by atoms with Gasteiger partial charge in [-0.15, -0.1) is 0 Å². The Morgan fingerprint density at radius 1 is 1.00 bits per heavy atom. The zero-order chi connectivity index (χ0) is 26.5. The molecule has 0 bridgehead atoms. The van der Waals surface area contributed by atoms with E-state index < -0.39 is 43.2 Å². The average Bonchev–Trinajstić information content (AvgIpc) is 2.72. The van der Waals surface area contributed by atoms with Crippen LogP contribution in [-0.4, -0.2) is 88.9 Å². The molecule has 34 heavy (non-hydrogen) atoms. The number of nitrogens with zero attached hydrogens (tertiary/aromatic N) is 3. The van der Waals surface area contributed by atoms with E-state index in [0.29, 0.717) is 11.3 Å². The molecular weight excluding hydrogens is 471 g/mol. The first-order chi connectivity index (χ1) is 15.7. The van der Waals surface area contributed by atoms with Gasteiger partial charge < -0.3 is 49.1 Å². The normalized spacial score (nSPS) is 13.8. The van der Waals surface area contributed by atoms with E-state index in [9.17, 15) is 28.7 Å². The minimum atomic E-state index is -4.88. The lowest BCUT2D eigenvalue weighted by Gasteiger charge is -2.31. The van der Waals surface area contributed by atoms with Gasteiger partial charge >= 0.3 is 7.60 Å². The Kier molecular flexibility index (Phi) is 13.9. The van der Waals surface area contributed by atoms with Gasteiger partial charge in [0, 0.05) is 13.1 Å². The smallest absolute Gasteiger partial charge is 0.348 e. The van der Waals surface area contributed by atoms with E-state index in [0.717, 1.165) is 6.92 Å². The number of guanidine groups is 2. The number of imide groups is 1. The van der Waals surface area contributed by atoms with Crippen LogP contribution >= 0.6 is 7.60 Å². The second-order valence-corrected chi connectivity index (χ2v) is 9.34. The molecule has 0 unspecified atom stereocenters. The topological polar surface area (TPSA) is 291 Å². The van der Waals surface area contributed by atoms with Crippen LogP contribution < -0.4 is 39.3 Å². The number of likely N-dealkylation sites (N-methyl/N-ethyl adjacent to an activating group) is 1. The SMILES string of the molecule is CNCC(=O)N(C(=O)[C@H](CCCN=C(N)N)NC(=O)[C@@H](N)CCCN=C(N)N)[C@@H](C)P(=O)(O)O. The van der Waals surface area contributed by atoms with Crippen LogP contribution in [0.1, 0.15) is 32.6 Å². The summed E-state index contributed by atoms with van der Waals surface area (Å²) in [6.45, 7) is 1.04. The molecule has 0 aromatic carbocycles. The molecule has 17 heteroatoms. The Labute approximate surface area is 197 Å². The van der Waals surface area contributed by atoms with Crippen molar-refractivity contribution in [1.29, 1.82) is 0 Å². The van der Waals surface area contributed by atoms with Crippen molar-refractivity contribution in [2.24, 2.45) is 38.7 Å². The van der Waals surface area contributed by atoms with Crippen molar-refractivity contribution in [2.75, 3.05) is 26.7 Å². The van der Waals surface area contributed by atoms with Crippen LogP contribution in [0.2, 0.25) is 0 Å². The molecular formula is C17H37N10O6P. The summed E-state index contributed by atoms with van der Waals surface area (Å²) in [5.41, 5.74) is 26.9. The molecule has 0 saturated carbocycles. The largest absolute Gasteiger partial charge is 0.370 e. The number of rotatable bonds is 15. The second-order valence-electron chi connectivity index (χ2n) is 7.42. The maximum atomic E-state index is 13.2. The van der Waals surface area contributed by atoms with E-state index in [1.54, 1.807) is 0 Å². The Hall–Kier alpha value is -2.78. The molecule has 0 aromatic heterocycles. The molecule has 196 valence electrons. The molecule has 0 aromatic rings. The number of hydrogen-bond acceptors (Lipinski definition) is 8. The number of nitrogens with one attached hydrogen (secondary N) is 2. The monoisotopic (exact) mass is 508 g/mol. The summed E-state index contributed by atoms with van der Waals surface area (Å²) >= 11 is 0. The lowest BCUT2D eigenvalue weighted by Crippen LogP contribution is -2.56. The Balaban J connectivity index is 5.67. The van der Waals surface area contributed by atoms with Gasteiger partial charge in [-0.2, -0.15) is 0 Å². The van der Waals surface area contributed by atoms with Crippen molar-refractivity contribution in [2.45, 2.75) is 50.5 Å². The van der Waals surface area contributed by atoms with Gasteiger partial charge in [0.25, 0.3) is 5.91 Å². The van der Waals surface area contributed by atoms with Gasteiger partial charge in [0.2, 0.25) is 11.8 Å². The fourth-order valence-corrected chi connectivity index (χ4v) is 3.30. The van der Waals surface area contributed by atoms with Crippen molar-refractivity contribution >= 4 is 37.2 Å². The summed E-state index contributed by atoms with van der Waals surface area (Å²) < 4.78 is 11.8. The Morgan fingerprint density at radius 3 is 1.94 bits per heavy atom. The third kappa shape index (κ3) is 11.9. The molecule has 3 atom stereocenters. The van der Waals surface area contributed by atoms with Crippen LogP contribution in [0.15, 0.2) is 9.98 Å². The van der Waals surface area contributed by atoms with Gasteiger partial charge in [0.1, 0.15) is 11.8 Å². The number of nitrogens with two attached hydrogens (primary N) is 5. The van der Waals surface area contributed by atoms with Crippen LogP contribution in [0.3, 0.4) is 0 Å². The van der Waals surface area contributed by atoms with E-state index >= 15 is 0 Å².